The van der Waals surface area contributed by atoms with Crippen LogP contribution in [0.5, 0.6) is 0 Å². The van der Waals surface area contributed by atoms with E-state index in [1.807, 2.05) is 22.6 Å². The summed E-state index contributed by atoms with van der Waals surface area (Å²) >= 11 is 1.89. The number of carbonyl (C=O) groups is 2. The van der Waals surface area contributed by atoms with Crippen LogP contribution in [0, 0.1) is 21.0 Å². The molecule has 0 radical (unpaired) electrons. The predicted octanol–water partition coefficient (Wildman–Crippen LogP) is 6.17. The Morgan fingerprint density at radius 3 is 2.34 bits per heavy atom. The molecule has 1 aliphatic heterocycles. The molecule has 0 aromatic heterocycles. The van der Waals surface area contributed by atoms with Crippen molar-refractivity contribution < 1.29 is 32.3 Å². The summed E-state index contributed by atoms with van der Waals surface area (Å²) in [6.07, 6.45) is -1.32. The highest BCUT2D eigenvalue weighted by molar-refractivity contribution is 14.1. The molecule has 0 spiro atoms. The molecule has 1 saturated heterocycles. The summed E-state index contributed by atoms with van der Waals surface area (Å²) in [5, 5.41) is 12.0. The van der Waals surface area contributed by atoms with E-state index in [4.69, 9.17) is 0 Å². The summed E-state index contributed by atoms with van der Waals surface area (Å²) < 4.78 is 58.8. The molecule has 0 bridgehead atoms. The Hall–Kier alpha value is -2.57. The highest BCUT2D eigenvalue weighted by atomic mass is 127. The zero-order valence-corrected chi connectivity index (χ0v) is 21.8. The number of carboxylic acid groups (broad SMARTS) is 1. The maximum Gasteiger partial charge on any atom is 0.407 e. The number of benzene rings is 2. The average molecular weight is 607 g/mol. The second kappa shape index (κ2) is 9.82. The molecule has 1 unspecified atom stereocenters. The van der Waals surface area contributed by atoms with Gasteiger partial charge in [0.05, 0.1) is 30.0 Å². The highest BCUT2D eigenvalue weighted by Crippen LogP contribution is 2.36. The number of rotatable bonds is 6. The van der Waals surface area contributed by atoms with Crippen LogP contribution >= 0.6 is 22.6 Å². The number of likely N-dealkylation sites (tertiary alicyclic amines) is 1. The van der Waals surface area contributed by atoms with Gasteiger partial charge in [0.1, 0.15) is 11.5 Å². The Balaban J connectivity index is 1.79. The number of hydrogen-bond acceptors (Lipinski definition) is 3. The van der Waals surface area contributed by atoms with Gasteiger partial charge in [0, 0.05) is 21.6 Å². The van der Waals surface area contributed by atoms with E-state index in [2.05, 4.69) is 5.32 Å². The number of hydrogen-bond donors (Lipinski definition) is 2. The van der Waals surface area contributed by atoms with Crippen LogP contribution in [0.15, 0.2) is 30.3 Å². The minimum atomic E-state index is -1.84. The second-order valence-corrected chi connectivity index (χ2v) is 11.0. The first-order valence-corrected chi connectivity index (χ1v) is 11.9. The van der Waals surface area contributed by atoms with Crippen molar-refractivity contribution in [1.82, 2.24) is 9.80 Å². The third-order valence-electron chi connectivity index (χ3n) is 5.78. The van der Waals surface area contributed by atoms with Gasteiger partial charge in [-0.2, -0.15) is 0 Å². The van der Waals surface area contributed by atoms with Crippen molar-refractivity contribution in [1.29, 1.82) is 0 Å². The molecule has 2 aromatic carbocycles. The van der Waals surface area contributed by atoms with Crippen LogP contribution in [0.25, 0.3) is 0 Å². The van der Waals surface area contributed by atoms with Crippen LogP contribution in [0.1, 0.15) is 44.5 Å². The van der Waals surface area contributed by atoms with Gasteiger partial charge in [-0.05, 0) is 80.6 Å². The summed E-state index contributed by atoms with van der Waals surface area (Å²) in [7, 11) is 0. The Morgan fingerprint density at radius 2 is 1.80 bits per heavy atom. The van der Waals surface area contributed by atoms with E-state index in [1.165, 1.54) is 12.1 Å². The molecular weight excluding hydrogens is 581 g/mol. The van der Waals surface area contributed by atoms with E-state index >= 15 is 4.39 Å². The van der Waals surface area contributed by atoms with Gasteiger partial charge >= 0.3 is 6.09 Å². The lowest BCUT2D eigenvalue weighted by Gasteiger charge is -2.48. The topological polar surface area (TPSA) is 72.9 Å². The van der Waals surface area contributed by atoms with Crippen LogP contribution in [0.3, 0.4) is 0 Å². The zero-order valence-electron chi connectivity index (χ0n) is 19.6. The van der Waals surface area contributed by atoms with Crippen molar-refractivity contribution >= 4 is 46.0 Å². The summed E-state index contributed by atoms with van der Waals surface area (Å²) in [4.78, 5) is 27.0. The fraction of sp³-hybridized carbons (Fsp3) is 0.417. The van der Waals surface area contributed by atoms with Crippen molar-refractivity contribution in [2.24, 2.45) is 0 Å². The lowest BCUT2D eigenvalue weighted by molar-refractivity contribution is -0.0435. The van der Waals surface area contributed by atoms with Crippen LogP contribution in [0.2, 0.25) is 0 Å². The molecular formula is C24H26F4IN3O3. The lowest BCUT2D eigenvalue weighted by Crippen LogP contribution is -2.63. The standard InChI is InChI=1S/C24H26F4IN3O3/c1-13(32(22(34)35)23(2,3)4)10-24(28)11-31(12-24)21(33)15-6-7-16(25)19(27)20(15)30-18-8-5-14(29)9-17(18)26/h5-9,13,30H,10-12H2,1-4H3,(H,34,35). The van der Waals surface area contributed by atoms with E-state index < -0.39 is 52.4 Å². The van der Waals surface area contributed by atoms with Gasteiger partial charge in [-0.15, -0.1) is 0 Å². The van der Waals surface area contributed by atoms with Gasteiger partial charge in [-0.1, -0.05) is 0 Å². The number of carbonyl (C=O) groups excluding carboxylic acids is 1. The summed E-state index contributed by atoms with van der Waals surface area (Å²) in [6.45, 7) is 6.01. The smallest absolute Gasteiger partial charge is 0.407 e. The van der Waals surface area contributed by atoms with Crippen molar-refractivity contribution in [3.05, 3.63) is 56.9 Å². The Labute approximate surface area is 214 Å². The molecule has 2 amide bonds. The first kappa shape index (κ1) is 27.0. The maximum atomic E-state index is 15.4. The molecule has 1 fully saturated rings. The molecule has 3 rings (SSSR count). The van der Waals surface area contributed by atoms with E-state index in [0.717, 1.165) is 21.9 Å². The SMILES string of the molecule is CC(CC1(F)CN(C(=O)c2ccc(F)c(F)c2Nc2ccc(I)cc2F)C1)N(C(=O)O)C(C)(C)C. The van der Waals surface area contributed by atoms with Gasteiger partial charge in [0.15, 0.2) is 11.6 Å². The molecule has 1 atom stereocenters. The van der Waals surface area contributed by atoms with Crippen molar-refractivity contribution in [2.75, 3.05) is 18.4 Å². The Bertz CT molecular complexity index is 1150. The second-order valence-electron chi connectivity index (χ2n) is 9.72. The van der Waals surface area contributed by atoms with Gasteiger partial charge in [0.25, 0.3) is 5.91 Å². The van der Waals surface area contributed by atoms with Crippen LogP contribution in [0.4, 0.5) is 33.7 Å². The zero-order chi connectivity index (χ0) is 26.3. The molecule has 6 nitrogen and oxygen atoms in total. The fourth-order valence-electron chi connectivity index (χ4n) is 4.41. The van der Waals surface area contributed by atoms with E-state index in [-0.39, 0.29) is 30.8 Å². The molecule has 2 aromatic rings. The first-order valence-electron chi connectivity index (χ1n) is 10.8. The molecule has 35 heavy (non-hydrogen) atoms. The molecule has 0 saturated carbocycles. The number of halogens is 5. The molecule has 190 valence electrons. The maximum absolute atomic E-state index is 15.4. The van der Waals surface area contributed by atoms with Crippen molar-refractivity contribution in [3.8, 4) is 0 Å². The Kier molecular flexibility index (Phi) is 7.59. The van der Waals surface area contributed by atoms with E-state index in [0.29, 0.717) is 3.57 Å². The summed E-state index contributed by atoms with van der Waals surface area (Å²) in [6, 6.07) is 5.23. The number of amides is 2. The Morgan fingerprint density at radius 1 is 1.17 bits per heavy atom. The van der Waals surface area contributed by atoms with Crippen LogP contribution < -0.4 is 5.32 Å². The highest BCUT2D eigenvalue weighted by Gasteiger charge is 2.49. The predicted molar refractivity (Wildman–Crippen MR) is 132 cm³/mol. The first-order chi connectivity index (χ1) is 16.1. The third-order valence-corrected chi connectivity index (χ3v) is 6.45. The number of nitrogens with zero attached hydrogens (tertiary/aromatic N) is 2. The molecule has 2 N–H and O–H groups in total. The van der Waals surface area contributed by atoms with Gasteiger partial charge in [0.2, 0.25) is 0 Å². The molecule has 1 heterocycles. The van der Waals surface area contributed by atoms with E-state index in [9.17, 15) is 27.9 Å². The van der Waals surface area contributed by atoms with Crippen molar-refractivity contribution in [3.63, 3.8) is 0 Å². The molecule has 0 aliphatic carbocycles. The van der Waals surface area contributed by atoms with Gasteiger partial charge < -0.3 is 20.2 Å². The summed E-state index contributed by atoms with van der Waals surface area (Å²) in [5.41, 5.74) is -3.58. The lowest BCUT2D eigenvalue weighted by atomic mass is 9.87. The average Bonchev–Trinajstić information content (AvgIpc) is 2.69. The minimum Gasteiger partial charge on any atom is -0.465 e. The fourth-order valence-corrected chi connectivity index (χ4v) is 4.87. The number of nitrogens with one attached hydrogen (secondary N) is 1. The number of alkyl halides is 1. The summed E-state index contributed by atoms with van der Waals surface area (Å²) in [5.74, 6) is -4.08. The van der Waals surface area contributed by atoms with Crippen LogP contribution in [-0.2, 0) is 0 Å². The monoisotopic (exact) mass is 607 g/mol. The third kappa shape index (κ3) is 5.81. The minimum absolute atomic E-state index is 0.142. The quantitative estimate of drug-likeness (QED) is 0.304. The largest absolute Gasteiger partial charge is 0.465 e. The van der Waals surface area contributed by atoms with Crippen molar-refractivity contribution in [2.45, 2.75) is 51.4 Å². The van der Waals surface area contributed by atoms with Gasteiger partial charge in [-0.25, -0.2) is 22.4 Å². The normalized spacial score (nSPS) is 15.9. The van der Waals surface area contributed by atoms with Crippen LogP contribution in [-0.4, -0.2) is 57.2 Å². The van der Waals surface area contributed by atoms with Gasteiger partial charge in [-0.3, -0.25) is 4.79 Å². The van der Waals surface area contributed by atoms with E-state index in [1.54, 1.807) is 33.8 Å². The number of anilines is 2. The molecule has 11 heteroatoms. The molecule has 1 aliphatic rings.